The maximum absolute atomic E-state index is 5.67. The lowest BCUT2D eigenvalue weighted by Crippen LogP contribution is -2.36. The molecule has 1 aromatic rings. The third-order valence-electron chi connectivity index (χ3n) is 3.31. The molecule has 0 saturated carbocycles. The van der Waals surface area contributed by atoms with Gasteiger partial charge in [-0.25, -0.2) is 0 Å². The average molecular weight is 220 g/mol. The largest absolute Gasteiger partial charge is 0.399 e. The minimum absolute atomic E-state index is 0.346. The smallest absolute Gasteiger partial charge is 0.0703 e. The molecule has 1 saturated heterocycles. The zero-order valence-corrected chi connectivity index (χ0v) is 10.0. The number of nitrogens with zero attached hydrogens (tertiary/aromatic N) is 1. The summed E-state index contributed by atoms with van der Waals surface area (Å²) in [5, 5.41) is 0. The summed E-state index contributed by atoms with van der Waals surface area (Å²) in [5.41, 5.74) is 7.79. The van der Waals surface area contributed by atoms with Crippen LogP contribution in [0.5, 0.6) is 0 Å². The van der Waals surface area contributed by atoms with E-state index in [9.17, 15) is 0 Å². The number of ether oxygens (including phenoxy) is 1. The van der Waals surface area contributed by atoms with Gasteiger partial charge in [0.2, 0.25) is 0 Å². The van der Waals surface area contributed by atoms with Gasteiger partial charge in [-0.2, -0.15) is 0 Å². The van der Waals surface area contributed by atoms with Crippen LogP contribution in [-0.4, -0.2) is 30.7 Å². The fraction of sp³-hybridized carbons (Fsp3) is 0.538. The highest BCUT2D eigenvalue weighted by molar-refractivity contribution is 5.39. The predicted molar refractivity (Wildman–Crippen MR) is 66.1 cm³/mol. The summed E-state index contributed by atoms with van der Waals surface area (Å²) in [6.07, 6.45) is 1.48. The number of rotatable bonds is 3. The van der Waals surface area contributed by atoms with Crippen molar-refractivity contribution in [1.29, 1.82) is 0 Å². The molecule has 0 spiro atoms. The Balaban J connectivity index is 1.96. The van der Waals surface area contributed by atoms with Crippen LogP contribution in [0.3, 0.4) is 0 Å². The summed E-state index contributed by atoms with van der Waals surface area (Å²) in [6, 6.07) is 8.63. The molecule has 2 unspecified atom stereocenters. The molecule has 2 N–H and O–H groups in total. The van der Waals surface area contributed by atoms with Crippen molar-refractivity contribution in [3.05, 3.63) is 29.8 Å². The zero-order valence-electron chi connectivity index (χ0n) is 10.0. The summed E-state index contributed by atoms with van der Waals surface area (Å²) in [5.74, 6) is 0. The molecule has 0 aromatic heterocycles. The molecule has 3 heteroatoms. The van der Waals surface area contributed by atoms with E-state index >= 15 is 0 Å². The van der Waals surface area contributed by atoms with E-state index in [1.807, 2.05) is 12.1 Å². The van der Waals surface area contributed by atoms with Gasteiger partial charge >= 0.3 is 0 Å². The van der Waals surface area contributed by atoms with Crippen LogP contribution in [0.1, 0.15) is 18.9 Å². The number of hydrogen-bond acceptors (Lipinski definition) is 3. The predicted octanol–water partition coefficient (Wildman–Crippen LogP) is 1.88. The summed E-state index contributed by atoms with van der Waals surface area (Å²) in [6.45, 7) is 3.99. The van der Waals surface area contributed by atoms with E-state index in [0.717, 1.165) is 25.3 Å². The molecule has 1 aromatic carbocycles. The Kier molecular flexibility index (Phi) is 3.46. The van der Waals surface area contributed by atoms with Crippen LogP contribution in [-0.2, 0) is 11.3 Å². The van der Waals surface area contributed by atoms with E-state index in [1.165, 1.54) is 5.56 Å². The highest BCUT2D eigenvalue weighted by Crippen LogP contribution is 2.20. The van der Waals surface area contributed by atoms with Crippen LogP contribution in [0.2, 0.25) is 0 Å². The quantitative estimate of drug-likeness (QED) is 0.790. The second-order valence-corrected chi connectivity index (χ2v) is 4.59. The van der Waals surface area contributed by atoms with Gasteiger partial charge in [-0.3, -0.25) is 4.90 Å². The van der Waals surface area contributed by atoms with Crippen LogP contribution >= 0.6 is 0 Å². The second kappa shape index (κ2) is 4.85. The number of anilines is 1. The lowest BCUT2D eigenvalue weighted by Gasteiger charge is -2.26. The zero-order chi connectivity index (χ0) is 11.5. The second-order valence-electron chi connectivity index (χ2n) is 4.59. The topological polar surface area (TPSA) is 38.5 Å². The van der Waals surface area contributed by atoms with E-state index in [4.69, 9.17) is 10.5 Å². The van der Waals surface area contributed by atoms with Crippen molar-refractivity contribution in [2.45, 2.75) is 32.0 Å². The maximum atomic E-state index is 5.67. The van der Waals surface area contributed by atoms with Gasteiger partial charge in [0, 0.05) is 24.9 Å². The minimum atomic E-state index is 0.346. The molecule has 1 fully saturated rings. The Morgan fingerprint density at radius 2 is 2.06 bits per heavy atom. The summed E-state index contributed by atoms with van der Waals surface area (Å²) < 4.78 is 5.58. The Hall–Kier alpha value is -1.06. The SMILES string of the molecule is CC1OCCC1N(C)Cc1ccc(N)cc1. The molecule has 3 nitrogen and oxygen atoms in total. The maximum Gasteiger partial charge on any atom is 0.0703 e. The standard InChI is InChI=1S/C13H20N2O/c1-10-13(7-8-16-10)15(2)9-11-3-5-12(14)6-4-11/h3-6,10,13H,7-9,14H2,1-2H3. The van der Waals surface area contributed by atoms with Gasteiger partial charge in [0.1, 0.15) is 0 Å². The van der Waals surface area contributed by atoms with E-state index in [2.05, 4.69) is 31.0 Å². The number of nitrogen functional groups attached to an aromatic ring is 1. The van der Waals surface area contributed by atoms with Crippen molar-refractivity contribution in [1.82, 2.24) is 4.90 Å². The average Bonchev–Trinajstić information content (AvgIpc) is 2.68. The molecule has 2 rings (SSSR count). The molecule has 0 aliphatic carbocycles. The number of hydrogen-bond donors (Lipinski definition) is 1. The molecule has 0 radical (unpaired) electrons. The van der Waals surface area contributed by atoms with Crippen molar-refractivity contribution in [2.24, 2.45) is 0 Å². The van der Waals surface area contributed by atoms with Crippen LogP contribution in [0.25, 0.3) is 0 Å². The molecular weight excluding hydrogens is 200 g/mol. The Morgan fingerprint density at radius 1 is 1.38 bits per heavy atom. The fourth-order valence-electron chi connectivity index (χ4n) is 2.33. The van der Waals surface area contributed by atoms with E-state index in [-0.39, 0.29) is 0 Å². The molecular formula is C13H20N2O. The minimum Gasteiger partial charge on any atom is -0.399 e. The fourth-order valence-corrected chi connectivity index (χ4v) is 2.33. The molecule has 16 heavy (non-hydrogen) atoms. The Bertz CT molecular complexity index is 336. The third kappa shape index (κ3) is 2.54. The van der Waals surface area contributed by atoms with Crippen LogP contribution < -0.4 is 5.73 Å². The third-order valence-corrected chi connectivity index (χ3v) is 3.31. The molecule has 2 atom stereocenters. The van der Waals surface area contributed by atoms with E-state index < -0.39 is 0 Å². The van der Waals surface area contributed by atoms with Crippen molar-refractivity contribution in [3.63, 3.8) is 0 Å². The Labute approximate surface area is 97.2 Å². The summed E-state index contributed by atoms with van der Waals surface area (Å²) >= 11 is 0. The van der Waals surface area contributed by atoms with Gasteiger partial charge in [0.05, 0.1) is 6.10 Å². The van der Waals surface area contributed by atoms with Gasteiger partial charge in [0.25, 0.3) is 0 Å². The highest BCUT2D eigenvalue weighted by Gasteiger charge is 2.27. The Morgan fingerprint density at radius 3 is 2.62 bits per heavy atom. The molecule has 1 aliphatic rings. The number of likely N-dealkylation sites (N-methyl/N-ethyl adjacent to an activating group) is 1. The molecule has 1 aliphatic heterocycles. The number of nitrogens with two attached hydrogens (primary N) is 1. The van der Waals surface area contributed by atoms with Crippen LogP contribution in [0, 0.1) is 0 Å². The molecule has 0 amide bonds. The van der Waals surface area contributed by atoms with Gasteiger partial charge in [-0.05, 0) is 38.1 Å². The first kappa shape index (κ1) is 11.4. The molecule has 88 valence electrons. The summed E-state index contributed by atoms with van der Waals surface area (Å²) in [4.78, 5) is 2.36. The monoisotopic (exact) mass is 220 g/mol. The van der Waals surface area contributed by atoms with E-state index in [1.54, 1.807) is 0 Å². The van der Waals surface area contributed by atoms with Crippen LogP contribution in [0.15, 0.2) is 24.3 Å². The lowest BCUT2D eigenvalue weighted by atomic mass is 10.1. The normalized spacial score (nSPS) is 25.2. The van der Waals surface area contributed by atoms with E-state index in [0.29, 0.717) is 12.1 Å². The van der Waals surface area contributed by atoms with Crippen molar-refractivity contribution < 1.29 is 4.74 Å². The molecule has 1 heterocycles. The van der Waals surface area contributed by atoms with Gasteiger partial charge in [-0.15, -0.1) is 0 Å². The number of benzene rings is 1. The van der Waals surface area contributed by atoms with Crippen molar-refractivity contribution in [3.8, 4) is 0 Å². The van der Waals surface area contributed by atoms with Gasteiger partial charge < -0.3 is 10.5 Å². The first-order valence-electron chi connectivity index (χ1n) is 5.83. The first-order chi connectivity index (χ1) is 7.66. The van der Waals surface area contributed by atoms with Crippen LogP contribution in [0.4, 0.5) is 5.69 Å². The highest BCUT2D eigenvalue weighted by atomic mass is 16.5. The van der Waals surface area contributed by atoms with Crippen molar-refractivity contribution in [2.75, 3.05) is 19.4 Å². The van der Waals surface area contributed by atoms with Gasteiger partial charge in [0.15, 0.2) is 0 Å². The summed E-state index contributed by atoms with van der Waals surface area (Å²) in [7, 11) is 2.16. The van der Waals surface area contributed by atoms with Gasteiger partial charge in [-0.1, -0.05) is 12.1 Å². The van der Waals surface area contributed by atoms with Crippen molar-refractivity contribution >= 4 is 5.69 Å². The first-order valence-corrected chi connectivity index (χ1v) is 5.83. The lowest BCUT2D eigenvalue weighted by molar-refractivity contribution is 0.0814. The molecule has 0 bridgehead atoms.